The van der Waals surface area contributed by atoms with Crippen molar-refractivity contribution in [3.8, 4) is 0 Å². The smallest absolute Gasteiger partial charge is 0.227 e. The number of amides is 1. The first-order chi connectivity index (χ1) is 9.54. The molecule has 2 aliphatic rings. The van der Waals surface area contributed by atoms with Crippen LogP contribution in [0.5, 0.6) is 0 Å². The largest absolute Gasteiger partial charge is 0.370 e. The molecule has 1 aromatic heterocycles. The molecule has 108 valence electrons. The molecule has 20 heavy (non-hydrogen) atoms. The van der Waals surface area contributed by atoms with Crippen LogP contribution in [0.1, 0.15) is 6.42 Å². The van der Waals surface area contributed by atoms with Crippen molar-refractivity contribution in [2.75, 3.05) is 32.1 Å². The molecule has 0 saturated carbocycles. The van der Waals surface area contributed by atoms with E-state index in [1.54, 1.807) is 19.0 Å². The molecule has 1 aromatic rings. The first-order valence-corrected chi connectivity index (χ1v) is 6.63. The summed E-state index contributed by atoms with van der Waals surface area (Å²) in [6.07, 6.45) is 2.90. The lowest BCUT2D eigenvalue weighted by molar-refractivity contribution is -0.134. The minimum absolute atomic E-state index is 0.0105. The van der Waals surface area contributed by atoms with Crippen LogP contribution in [-0.4, -0.2) is 60.2 Å². The van der Waals surface area contributed by atoms with E-state index in [0.29, 0.717) is 19.0 Å². The van der Waals surface area contributed by atoms with Gasteiger partial charge in [0.25, 0.3) is 0 Å². The fourth-order valence-corrected chi connectivity index (χ4v) is 2.88. The van der Waals surface area contributed by atoms with Gasteiger partial charge in [0.2, 0.25) is 11.9 Å². The monoisotopic (exact) mass is 280 g/mol. The standard InChI is InChI=1S/C13H17FN4O2/c1-17(2)12(19)10-3-9-6-18(7-11(10)20-9)13-15-4-8(14)5-16-13/h4-5,9-11H,3,6-7H2,1-2H3. The van der Waals surface area contributed by atoms with Crippen LogP contribution in [0.4, 0.5) is 10.3 Å². The molecule has 2 bridgehead atoms. The Kier molecular flexibility index (Phi) is 3.29. The summed E-state index contributed by atoms with van der Waals surface area (Å²) in [6.45, 7) is 1.20. The summed E-state index contributed by atoms with van der Waals surface area (Å²) in [4.78, 5) is 23.7. The van der Waals surface area contributed by atoms with E-state index in [4.69, 9.17) is 4.74 Å². The third-order valence-corrected chi connectivity index (χ3v) is 3.80. The Balaban J connectivity index is 1.75. The second-order valence-electron chi connectivity index (χ2n) is 5.48. The number of anilines is 1. The van der Waals surface area contributed by atoms with Crippen LogP contribution in [0.2, 0.25) is 0 Å². The number of hydrogen-bond acceptors (Lipinski definition) is 5. The zero-order valence-corrected chi connectivity index (χ0v) is 11.5. The van der Waals surface area contributed by atoms with Gasteiger partial charge in [-0.25, -0.2) is 14.4 Å². The Morgan fingerprint density at radius 2 is 2.10 bits per heavy atom. The third-order valence-electron chi connectivity index (χ3n) is 3.80. The van der Waals surface area contributed by atoms with E-state index in [9.17, 15) is 9.18 Å². The first kappa shape index (κ1) is 13.2. The van der Waals surface area contributed by atoms with E-state index in [2.05, 4.69) is 9.97 Å². The van der Waals surface area contributed by atoms with Gasteiger partial charge in [-0.3, -0.25) is 4.79 Å². The van der Waals surface area contributed by atoms with Crippen LogP contribution in [0, 0.1) is 11.7 Å². The molecule has 3 unspecified atom stereocenters. The lowest BCUT2D eigenvalue weighted by atomic mass is 9.99. The lowest BCUT2D eigenvalue weighted by Crippen LogP contribution is -2.46. The molecule has 3 rings (SSSR count). The van der Waals surface area contributed by atoms with E-state index in [-0.39, 0.29) is 24.0 Å². The van der Waals surface area contributed by atoms with Crippen LogP contribution >= 0.6 is 0 Å². The maximum atomic E-state index is 12.9. The Morgan fingerprint density at radius 3 is 2.75 bits per heavy atom. The molecule has 2 aliphatic heterocycles. The number of hydrogen-bond donors (Lipinski definition) is 0. The number of carbonyl (C=O) groups is 1. The van der Waals surface area contributed by atoms with Gasteiger partial charge < -0.3 is 14.5 Å². The predicted molar refractivity (Wildman–Crippen MR) is 69.7 cm³/mol. The van der Waals surface area contributed by atoms with Crippen LogP contribution in [-0.2, 0) is 9.53 Å². The summed E-state index contributed by atoms with van der Waals surface area (Å²) in [6, 6.07) is 0. The van der Waals surface area contributed by atoms with Crippen LogP contribution < -0.4 is 4.90 Å². The fraction of sp³-hybridized carbons (Fsp3) is 0.615. The Labute approximate surface area is 116 Å². The summed E-state index contributed by atoms with van der Waals surface area (Å²) in [5, 5.41) is 0. The molecule has 0 aliphatic carbocycles. The normalized spacial score (nSPS) is 28.6. The predicted octanol–water partition coefficient (Wildman–Crippen LogP) is 0.298. The molecule has 1 amide bonds. The van der Waals surface area contributed by atoms with Crippen molar-refractivity contribution in [3.63, 3.8) is 0 Å². The summed E-state index contributed by atoms with van der Waals surface area (Å²) in [5.41, 5.74) is 0. The summed E-state index contributed by atoms with van der Waals surface area (Å²) in [7, 11) is 3.51. The molecular weight excluding hydrogens is 263 g/mol. The lowest BCUT2D eigenvalue weighted by Gasteiger charge is -2.32. The van der Waals surface area contributed by atoms with E-state index >= 15 is 0 Å². The zero-order valence-electron chi connectivity index (χ0n) is 11.5. The van der Waals surface area contributed by atoms with Gasteiger partial charge in [-0.1, -0.05) is 0 Å². The maximum Gasteiger partial charge on any atom is 0.227 e. The zero-order chi connectivity index (χ0) is 14.3. The summed E-state index contributed by atoms with van der Waals surface area (Å²) >= 11 is 0. The number of ether oxygens (including phenoxy) is 1. The van der Waals surface area contributed by atoms with Crippen molar-refractivity contribution in [2.24, 2.45) is 5.92 Å². The highest BCUT2D eigenvalue weighted by Gasteiger charge is 2.45. The van der Waals surface area contributed by atoms with Crippen LogP contribution in [0.25, 0.3) is 0 Å². The number of nitrogens with zero attached hydrogens (tertiary/aromatic N) is 4. The number of rotatable bonds is 2. The van der Waals surface area contributed by atoms with Crippen LogP contribution in [0.15, 0.2) is 12.4 Å². The fourth-order valence-electron chi connectivity index (χ4n) is 2.88. The van der Waals surface area contributed by atoms with Gasteiger partial charge in [0.1, 0.15) is 0 Å². The molecule has 0 N–H and O–H groups in total. The number of aromatic nitrogens is 2. The minimum Gasteiger partial charge on any atom is -0.370 e. The van der Waals surface area contributed by atoms with Gasteiger partial charge in [0.15, 0.2) is 5.82 Å². The van der Waals surface area contributed by atoms with Gasteiger partial charge in [-0.2, -0.15) is 0 Å². The number of halogens is 1. The molecule has 0 aromatic carbocycles. The van der Waals surface area contributed by atoms with Crippen molar-refractivity contribution < 1.29 is 13.9 Å². The Bertz CT molecular complexity index is 508. The first-order valence-electron chi connectivity index (χ1n) is 6.63. The third kappa shape index (κ3) is 2.33. The topological polar surface area (TPSA) is 58.6 Å². The molecule has 2 saturated heterocycles. The van der Waals surface area contributed by atoms with E-state index in [1.165, 1.54) is 0 Å². The molecular formula is C13H17FN4O2. The second kappa shape index (κ2) is 4.97. The molecule has 6 nitrogen and oxygen atoms in total. The summed E-state index contributed by atoms with van der Waals surface area (Å²) in [5.74, 6) is 0.0214. The van der Waals surface area contributed by atoms with Crippen LogP contribution in [0.3, 0.4) is 0 Å². The van der Waals surface area contributed by atoms with E-state index < -0.39 is 5.82 Å². The van der Waals surface area contributed by atoms with E-state index in [0.717, 1.165) is 18.8 Å². The highest BCUT2D eigenvalue weighted by atomic mass is 19.1. The van der Waals surface area contributed by atoms with E-state index in [1.807, 2.05) is 4.90 Å². The highest BCUT2D eigenvalue weighted by Crippen LogP contribution is 2.33. The van der Waals surface area contributed by atoms with Crippen molar-refractivity contribution in [2.45, 2.75) is 18.6 Å². The number of fused-ring (bicyclic) bond motifs is 2. The number of carbonyl (C=O) groups excluding carboxylic acids is 1. The van der Waals surface area contributed by atoms with Gasteiger partial charge in [-0.05, 0) is 6.42 Å². The maximum absolute atomic E-state index is 12.9. The minimum atomic E-state index is -0.453. The second-order valence-corrected chi connectivity index (χ2v) is 5.48. The van der Waals surface area contributed by atoms with Crippen molar-refractivity contribution in [3.05, 3.63) is 18.2 Å². The summed E-state index contributed by atoms with van der Waals surface area (Å²) < 4.78 is 18.7. The van der Waals surface area contributed by atoms with Gasteiger partial charge in [0.05, 0.1) is 30.5 Å². The Hall–Kier alpha value is -1.76. The molecule has 0 spiro atoms. The van der Waals surface area contributed by atoms with Gasteiger partial charge >= 0.3 is 0 Å². The molecule has 0 radical (unpaired) electrons. The SMILES string of the molecule is CN(C)C(=O)C1CC2CN(c3ncc(F)cn3)CC1O2. The Morgan fingerprint density at radius 1 is 1.40 bits per heavy atom. The number of morpholine rings is 1. The highest BCUT2D eigenvalue weighted by molar-refractivity contribution is 5.79. The molecule has 3 heterocycles. The van der Waals surface area contributed by atoms with Gasteiger partial charge in [-0.15, -0.1) is 0 Å². The van der Waals surface area contributed by atoms with Crippen molar-refractivity contribution in [1.82, 2.24) is 14.9 Å². The average Bonchev–Trinajstić information content (AvgIpc) is 2.73. The van der Waals surface area contributed by atoms with Crippen molar-refractivity contribution in [1.29, 1.82) is 0 Å². The molecule has 7 heteroatoms. The molecule has 3 atom stereocenters. The van der Waals surface area contributed by atoms with Gasteiger partial charge in [0, 0.05) is 27.2 Å². The average molecular weight is 280 g/mol. The van der Waals surface area contributed by atoms with Crippen molar-refractivity contribution >= 4 is 11.9 Å². The molecule has 2 fully saturated rings. The quantitative estimate of drug-likeness (QED) is 0.779.